The van der Waals surface area contributed by atoms with E-state index >= 15 is 0 Å². The van der Waals surface area contributed by atoms with Gasteiger partial charge in [-0.25, -0.2) is 18.1 Å². The number of likely N-dealkylation sites (N-methyl/N-ethyl adjacent to an activating group) is 1. The predicted molar refractivity (Wildman–Crippen MR) is 164 cm³/mol. The van der Waals surface area contributed by atoms with Gasteiger partial charge in [-0.2, -0.15) is 4.98 Å². The number of ether oxygens (including phenoxy) is 1. The van der Waals surface area contributed by atoms with Crippen LogP contribution in [0.15, 0.2) is 77.7 Å². The fourth-order valence-electron chi connectivity index (χ4n) is 4.74. The van der Waals surface area contributed by atoms with Gasteiger partial charge in [0.2, 0.25) is 11.8 Å². The highest BCUT2D eigenvalue weighted by Crippen LogP contribution is 2.38. The van der Waals surface area contributed by atoms with Crippen LogP contribution in [-0.4, -0.2) is 56.5 Å². The number of rotatable bonds is 8. The van der Waals surface area contributed by atoms with Gasteiger partial charge in [-0.05, 0) is 48.9 Å². The molecule has 11 heteroatoms. The summed E-state index contributed by atoms with van der Waals surface area (Å²) in [4.78, 5) is 13.5. The molecule has 1 fully saturated rings. The van der Waals surface area contributed by atoms with E-state index in [9.17, 15) is 8.42 Å². The van der Waals surface area contributed by atoms with Crippen LogP contribution in [0.1, 0.15) is 25.3 Å². The molecule has 1 aromatic heterocycles. The van der Waals surface area contributed by atoms with E-state index in [0.29, 0.717) is 22.2 Å². The van der Waals surface area contributed by atoms with Crippen molar-refractivity contribution in [3.05, 3.63) is 83.4 Å². The number of benzene rings is 3. The predicted octanol–water partition coefficient (Wildman–Crippen LogP) is 5.85. The molecule has 4 aromatic rings. The molecule has 0 spiro atoms. The van der Waals surface area contributed by atoms with E-state index < -0.39 is 10.0 Å². The lowest BCUT2D eigenvalue weighted by atomic mass is 9.95. The molecule has 0 radical (unpaired) electrons. The maximum atomic E-state index is 13.2. The second-order valence-corrected chi connectivity index (χ2v) is 12.4. The number of sulfonamides is 1. The third-order valence-electron chi connectivity index (χ3n) is 6.96. The van der Waals surface area contributed by atoms with Gasteiger partial charge in [-0.3, -0.25) is 0 Å². The summed E-state index contributed by atoms with van der Waals surface area (Å²) in [5.74, 6) is 0.628. The number of nitrogens with two attached hydrogens (primary N) is 1. The van der Waals surface area contributed by atoms with E-state index in [1.807, 2.05) is 36.4 Å². The molecule has 1 saturated heterocycles. The van der Waals surface area contributed by atoms with Crippen molar-refractivity contribution >= 4 is 38.9 Å². The van der Waals surface area contributed by atoms with Crippen LogP contribution in [0.5, 0.6) is 11.6 Å². The molecule has 0 saturated carbocycles. The maximum absolute atomic E-state index is 13.2. The Morgan fingerprint density at radius 3 is 2.41 bits per heavy atom. The summed E-state index contributed by atoms with van der Waals surface area (Å²) in [6.07, 6.45) is 0. The number of hydrogen-bond donors (Lipinski definition) is 2. The molecule has 0 unspecified atom stereocenters. The molecule has 5 rings (SSSR count). The van der Waals surface area contributed by atoms with Crippen molar-refractivity contribution in [2.24, 2.45) is 0 Å². The number of nitrogens with zero attached hydrogens (tertiary/aromatic N) is 4. The molecular formula is C30H33ClN6O3S. The zero-order valence-electron chi connectivity index (χ0n) is 23.2. The molecule has 41 heavy (non-hydrogen) atoms. The Balaban J connectivity index is 1.55. The van der Waals surface area contributed by atoms with Crippen molar-refractivity contribution in [3.8, 4) is 22.9 Å². The van der Waals surface area contributed by atoms with Gasteiger partial charge < -0.3 is 20.3 Å². The van der Waals surface area contributed by atoms with Gasteiger partial charge in [0.25, 0.3) is 10.0 Å². The van der Waals surface area contributed by atoms with Gasteiger partial charge in [-0.1, -0.05) is 61.8 Å². The Morgan fingerprint density at radius 1 is 0.951 bits per heavy atom. The van der Waals surface area contributed by atoms with Crippen LogP contribution in [0.2, 0.25) is 5.02 Å². The first kappa shape index (κ1) is 28.7. The monoisotopic (exact) mass is 592 g/mol. The molecule has 3 N–H and O–H groups in total. The van der Waals surface area contributed by atoms with Gasteiger partial charge in [0, 0.05) is 43.5 Å². The Bertz CT molecular complexity index is 1660. The highest BCUT2D eigenvalue weighted by molar-refractivity contribution is 7.92. The Hall–Kier alpha value is -3.86. The van der Waals surface area contributed by atoms with Gasteiger partial charge in [-0.15, -0.1) is 0 Å². The Morgan fingerprint density at radius 2 is 1.68 bits per heavy atom. The van der Waals surface area contributed by atoms with Crippen molar-refractivity contribution < 1.29 is 13.2 Å². The number of nitrogen functional groups attached to an aromatic ring is 1. The van der Waals surface area contributed by atoms with Crippen molar-refractivity contribution in [2.75, 3.05) is 48.6 Å². The number of aromatic nitrogens is 2. The minimum Gasteiger partial charge on any atom is -0.437 e. The van der Waals surface area contributed by atoms with E-state index in [0.717, 1.165) is 43.0 Å². The van der Waals surface area contributed by atoms with Crippen molar-refractivity contribution in [3.63, 3.8) is 0 Å². The van der Waals surface area contributed by atoms with Gasteiger partial charge in [0.1, 0.15) is 10.8 Å². The summed E-state index contributed by atoms with van der Waals surface area (Å²) < 4.78 is 35.2. The van der Waals surface area contributed by atoms with Crippen LogP contribution >= 0.6 is 11.6 Å². The second-order valence-electron chi connectivity index (χ2n) is 10.3. The normalized spacial score (nSPS) is 14.3. The summed E-state index contributed by atoms with van der Waals surface area (Å²) in [7, 11) is -1.93. The summed E-state index contributed by atoms with van der Waals surface area (Å²) in [6, 6.07) is 21.2. The summed E-state index contributed by atoms with van der Waals surface area (Å²) in [5, 5.41) is 0.460. The lowest BCUT2D eigenvalue weighted by Gasteiger charge is -2.34. The minimum atomic E-state index is -4.03. The quantitative estimate of drug-likeness (QED) is 0.245. The number of anilines is 3. The Kier molecular flexibility index (Phi) is 8.35. The number of halogens is 1. The van der Waals surface area contributed by atoms with Gasteiger partial charge >= 0.3 is 0 Å². The lowest BCUT2D eigenvalue weighted by Crippen LogP contribution is -2.44. The first-order chi connectivity index (χ1) is 19.6. The maximum Gasteiger partial charge on any atom is 0.264 e. The van der Waals surface area contributed by atoms with Gasteiger partial charge in [0.05, 0.1) is 16.3 Å². The molecule has 3 aromatic carbocycles. The van der Waals surface area contributed by atoms with Crippen LogP contribution in [0.25, 0.3) is 11.3 Å². The Labute approximate surface area is 246 Å². The smallest absolute Gasteiger partial charge is 0.264 e. The van der Waals surface area contributed by atoms with Crippen LogP contribution in [0, 0.1) is 0 Å². The standard InChI is InChI=1S/C30H33ClN6O3S/c1-20(2)23-10-4-5-11-24(23)25-19-28(34-30(33-25)35-41(38,39)22-9-6-8-21(32)18-22)40-27-13-7-12-26(29(27)31)37-16-14-36(3)15-17-37/h4-13,18-20H,14-17,32H2,1-3H3,(H,33,34,35). The van der Waals surface area contributed by atoms with Crippen molar-refractivity contribution in [2.45, 2.75) is 24.7 Å². The first-order valence-electron chi connectivity index (χ1n) is 13.4. The topological polar surface area (TPSA) is 114 Å². The third kappa shape index (κ3) is 6.56. The van der Waals surface area contributed by atoms with E-state index in [1.54, 1.807) is 24.3 Å². The lowest BCUT2D eigenvalue weighted by molar-refractivity contribution is 0.313. The molecule has 1 aliphatic rings. The zero-order chi connectivity index (χ0) is 29.1. The largest absolute Gasteiger partial charge is 0.437 e. The fraction of sp³-hybridized carbons (Fsp3) is 0.267. The van der Waals surface area contributed by atoms with E-state index in [1.165, 1.54) is 12.1 Å². The van der Waals surface area contributed by atoms with Crippen molar-refractivity contribution in [1.82, 2.24) is 14.9 Å². The molecule has 0 atom stereocenters. The summed E-state index contributed by atoms with van der Waals surface area (Å²) in [5.41, 5.74) is 9.44. The molecular weight excluding hydrogens is 560 g/mol. The van der Waals surface area contributed by atoms with E-state index in [4.69, 9.17) is 22.1 Å². The summed E-state index contributed by atoms with van der Waals surface area (Å²) in [6.45, 7) is 7.73. The fourth-order valence-corrected chi connectivity index (χ4v) is 6.02. The average Bonchev–Trinajstić information content (AvgIpc) is 2.94. The van der Waals surface area contributed by atoms with Crippen LogP contribution in [0.3, 0.4) is 0 Å². The minimum absolute atomic E-state index is 0.000487. The number of nitrogens with one attached hydrogen (secondary N) is 1. The third-order valence-corrected chi connectivity index (χ3v) is 8.66. The van der Waals surface area contributed by atoms with E-state index in [2.05, 4.69) is 45.4 Å². The average molecular weight is 593 g/mol. The molecule has 0 amide bonds. The zero-order valence-corrected chi connectivity index (χ0v) is 24.8. The number of hydrogen-bond acceptors (Lipinski definition) is 8. The van der Waals surface area contributed by atoms with Crippen LogP contribution in [0.4, 0.5) is 17.3 Å². The number of piperazine rings is 1. The highest BCUT2D eigenvalue weighted by Gasteiger charge is 2.22. The second kappa shape index (κ2) is 11.9. The highest BCUT2D eigenvalue weighted by atomic mass is 35.5. The molecule has 2 heterocycles. The summed E-state index contributed by atoms with van der Waals surface area (Å²) >= 11 is 6.85. The molecule has 214 valence electrons. The van der Waals surface area contributed by atoms with Crippen molar-refractivity contribution in [1.29, 1.82) is 0 Å². The molecule has 0 aliphatic carbocycles. The first-order valence-corrected chi connectivity index (χ1v) is 15.2. The SMILES string of the molecule is CC(C)c1ccccc1-c1cc(Oc2cccc(N3CCN(C)CC3)c2Cl)nc(NS(=O)(=O)c2cccc(N)c2)n1. The molecule has 0 bridgehead atoms. The van der Waals surface area contributed by atoms with Gasteiger partial charge in [0.15, 0.2) is 0 Å². The van der Waals surface area contributed by atoms with Crippen LogP contribution < -0.4 is 20.1 Å². The van der Waals surface area contributed by atoms with Crippen LogP contribution in [-0.2, 0) is 10.0 Å². The van der Waals surface area contributed by atoms with E-state index in [-0.39, 0.29) is 22.6 Å². The molecule has 9 nitrogen and oxygen atoms in total. The molecule has 1 aliphatic heterocycles.